The number of nitrogens with one attached hydrogen (secondary N) is 1. The van der Waals surface area contributed by atoms with E-state index in [1.165, 1.54) is 12.1 Å². The Morgan fingerprint density at radius 3 is 2.48 bits per heavy atom. The average Bonchev–Trinajstić information content (AvgIpc) is 2.73. The molecule has 1 aromatic heterocycles. The van der Waals surface area contributed by atoms with Crippen molar-refractivity contribution < 1.29 is 8.78 Å². The molecule has 2 rings (SSSR count). The topological polar surface area (TPSA) is 33.1 Å². The summed E-state index contributed by atoms with van der Waals surface area (Å²) in [5, 5.41) is 7.92. The molecule has 0 aliphatic heterocycles. The molecule has 4 nitrogen and oxygen atoms in total. The van der Waals surface area contributed by atoms with Gasteiger partial charge in [-0.15, -0.1) is 0 Å². The minimum absolute atomic E-state index is 0.143. The Labute approximate surface area is 148 Å². The summed E-state index contributed by atoms with van der Waals surface area (Å²) < 4.78 is 28.7. The quantitative estimate of drug-likeness (QED) is 0.830. The summed E-state index contributed by atoms with van der Waals surface area (Å²) in [6.45, 7) is 10.8. The molecule has 0 unspecified atom stereocenters. The standard InChI is InChI=1S/C19H28F2N4/c1-13-16(10-22-11-19(3,4)12-24(5)6)14(2)25(23-13)18-8-7-15(20)9-17(18)21/h7-9,22H,10-12H2,1-6H3. The van der Waals surface area contributed by atoms with Crippen LogP contribution in [0.5, 0.6) is 0 Å². The molecule has 0 aliphatic carbocycles. The summed E-state index contributed by atoms with van der Waals surface area (Å²) in [6.07, 6.45) is 0. The predicted molar refractivity (Wildman–Crippen MR) is 97.0 cm³/mol. The molecule has 138 valence electrons. The molecule has 0 bridgehead atoms. The van der Waals surface area contributed by atoms with Gasteiger partial charge in [0.2, 0.25) is 0 Å². The molecule has 25 heavy (non-hydrogen) atoms. The Balaban J connectivity index is 2.14. The van der Waals surface area contributed by atoms with Crippen LogP contribution in [0.15, 0.2) is 18.2 Å². The smallest absolute Gasteiger partial charge is 0.151 e. The largest absolute Gasteiger partial charge is 0.312 e. The zero-order valence-electron chi connectivity index (χ0n) is 16.0. The van der Waals surface area contributed by atoms with Gasteiger partial charge in [0.15, 0.2) is 5.82 Å². The summed E-state index contributed by atoms with van der Waals surface area (Å²) in [7, 11) is 4.13. The van der Waals surface area contributed by atoms with Crippen molar-refractivity contribution in [2.45, 2.75) is 34.2 Å². The highest BCUT2D eigenvalue weighted by Crippen LogP contribution is 2.21. The van der Waals surface area contributed by atoms with Gasteiger partial charge in [-0.3, -0.25) is 0 Å². The second-order valence-electron chi connectivity index (χ2n) is 7.66. The first-order chi connectivity index (χ1) is 11.6. The lowest BCUT2D eigenvalue weighted by atomic mass is 9.93. The van der Waals surface area contributed by atoms with Crippen molar-refractivity contribution in [1.82, 2.24) is 20.0 Å². The number of aryl methyl sites for hydroxylation is 1. The Morgan fingerprint density at radius 1 is 1.20 bits per heavy atom. The molecule has 0 radical (unpaired) electrons. The second kappa shape index (κ2) is 7.62. The normalized spacial score (nSPS) is 12.2. The van der Waals surface area contributed by atoms with E-state index < -0.39 is 11.6 Å². The van der Waals surface area contributed by atoms with Gasteiger partial charge in [-0.05, 0) is 45.5 Å². The SMILES string of the molecule is Cc1nn(-c2ccc(F)cc2F)c(C)c1CNCC(C)(C)CN(C)C. The first-order valence-corrected chi connectivity index (χ1v) is 8.47. The van der Waals surface area contributed by atoms with Crippen LogP contribution in [0.25, 0.3) is 5.69 Å². The summed E-state index contributed by atoms with van der Waals surface area (Å²) in [5.41, 5.74) is 3.16. The Kier molecular flexibility index (Phi) is 5.95. The summed E-state index contributed by atoms with van der Waals surface area (Å²) in [5.74, 6) is -1.20. The summed E-state index contributed by atoms with van der Waals surface area (Å²) in [4.78, 5) is 2.17. The zero-order valence-corrected chi connectivity index (χ0v) is 16.0. The van der Waals surface area contributed by atoms with Crippen LogP contribution in [0.1, 0.15) is 30.8 Å². The van der Waals surface area contributed by atoms with Gasteiger partial charge >= 0.3 is 0 Å². The lowest BCUT2D eigenvalue weighted by molar-refractivity contribution is 0.232. The minimum Gasteiger partial charge on any atom is -0.312 e. The van der Waals surface area contributed by atoms with Crippen molar-refractivity contribution in [2.75, 3.05) is 27.2 Å². The highest BCUT2D eigenvalue weighted by atomic mass is 19.1. The van der Waals surface area contributed by atoms with Gasteiger partial charge in [-0.1, -0.05) is 13.8 Å². The molecule has 0 saturated carbocycles. The molecule has 0 aliphatic rings. The van der Waals surface area contributed by atoms with Crippen molar-refractivity contribution in [1.29, 1.82) is 0 Å². The lowest BCUT2D eigenvalue weighted by Crippen LogP contribution is -2.37. The Bertz CT molecular complexity index is 735. The lowest BCUT2D eigenvalue weighted by Gasteiger charge is -2.28. The first kappa shape index (κ1) is 19.5. The van der Waals surface area contributed by atoms with Crippen molar-refractivity contribution in [3.63, 3.8) is 0 Å². The van der Waals surface area contributed by atoms with Crippen LogP contribution >= 0.6 is 0 Å². The van der Waals surface area contributed by atoms with E-state index in [2.05, 4.69) is 43.3 Å². The number of aromatic nitrogens is 2. The number of rotatable bonds is 7. The van der Waals surface area contributed by atoms with Gasteiger partial charge in [0.1, 0.15) is 11.5 Å². The summed E-state index contributed by atoms with van der Waals surface area (Å²) >= 11 is 0. The molecule has 0 fully saturated rings. The molecule has 1 aromatic carbocycles. The van der Waals surface area contributed by atoms with Gasteiger partial charge < -0.3 is 10.2 Å². The van der Waals surface area contributed by atoms with Gasteiger partial charge in [0.25, 0.3) is 0 Å². The van der Waals surface area contributed by atoms with E-state index in [1.807, 2.05) is 13.8 Å². The van der Waals surface area contributed by atoms with Crippen LogP contribution in [0.4, 0.5) is 8.78 Å². The second-order valence-corrected chi connectivity index (χ2v) is 7.66. The van der Waals surface area contributed by atoms with Gasteiger partial charge in [-0.25, -0.2) is 13.5 Å². The molecular weight excluding hydrogens is 322 g/mol. The highest BCUT2D eigenvalue weighted by molar-refractivity contribution is 5.38. The number of nitrogens with zero attached hydrogens (tertiary/aromatic N) is 3. The molecule has 0 spiro atoms. The van der Waals surface area contributed by atoms with E-state index >= 15 is 0 Å². The van der Waals surface area contributed by atoms with Crippen LogP contribution in [-0.2, 0) is 6.54 Å². The zero-order chi connectivity index (χ0) is 18.8. The van der Waals surface area contributed by atoms with Crippen molar-refractivity contribution in [2.24, 2.45) is 5.41 Å². The van der Waals surface area contributed by atoms with E-state index in [0.717, 1.165) is 36.1 Å². The van der Waals surface area contributed by atoms with E-state index in [-0.39, 0.29) is 11.1 Å². The number of benzene rings is 1. The Morgan fingerprint density at radius 2 is 1.88 bits per heavy atom. The maximum absolute atomic E-state index is 14.1. The fraction of sp³-hybridized carbons (Fsp3) is 0.526. The van der Waals surface area contributed by atoms with Gasteiger partial charge in [0.05, 0.1) is 5.69 Å². The van der Waals surface area contributed by atoms with Gasteiger partial charge in [-0.2, -0.15) is 5.10 Å². The molecule has 0 saturated heterocycles. The van der Waals surface area contributed by atoms with E-state index in [0.29, 0.717) is 6.54 Å². The fourth-order valence-electron chi connectivity index (χ4n) is 3.26. The fourth-order valence-corrected chi connectivity index (χ4v) is 3.26. The maximum Gasteiger partial charge on any atom is 0.151 e. The molecule has 6 heteroatoms. The third-order valence-corrected chi connectivity index (χ3v) is 4.23. The van der Waals surface area contributed by atoms with Crippen molar-refractivity contribution in [3.05, 3.63) is 46.8 Å². The maximum atomic E-state index is 14.1. The molecule has 1 N–H and O–H groups in total. The van der Waals surface area contributed by atoms with Crippen molar-refractivity contribution >= 4 is 0 Å². The number of hydrogen-bond acceptors (Lipinski definition) is 3. The highest BCUT2D eigenvalue weighted by Gasteiger charge is 2.20. The molecule has 2 aromatic rings. The molecule has 0 amide bonds. The third kappa shape index (κ3) is 4.86. The van der Waals surface area contributed by atoms with E-state index in [9.17, 15) is 8.78 Å². The molecular formula is C19H28F2N4. The van der Waals surface area contributed by atoms with Crippen LogP contribution in [0, 0.1) is 30.9 Å². The first-order valence-electron chi connectivity index (χ1n) is 8.47. The number of halogens is 2. The van der Waals surface area contributed by atoms with Gasteiger partial charge in [0, 0.05) is 37.0 Å². The summed E-state index contributed by atoms with van der Waals surface area (Å²) in [6, 6.07) is 3.55. The average molecular weight is 350 g/mol. The molecule has 0 atom stereocenters. The van der Waals surface area contributed by atoms with Crippen LogP contribution in [0.3, 0.4) is 0 Å². The minimum atomic E-state index is -0.614. The monoisotopic (exact) mass is 350 g/mol. The van der Waals surface area contributed by atoms with E-state index in [4.69, 9.17) is 0 Å². The Hall–Kier alpha value is -1.79. The van der Waals surface area contributed by atoms with Crippen LogP contribution < -0.4 is 5.32 Å². The number of hydrogen-bond donors (Lipinski definition) is 1. The van der Waals surface area contributed by atoms with E-state index in [1.54, 1.807) is 4.68 Å². The van der Waals surface area contributed by atoms with Crippen molar-refractivity contribution in [3.8, 4) is 5.69 Å². The third-order valence-electron chi connectivity index (χ3n) is 4.23. The predicted octanol–water partition coefficient (Wildman–Crippen LogP) is 3.44. The van der Waals surface area contributed by atoms with Crippen LogP contribution in [0.2, 0.25) is 0 Å². The van der Waals surface area contributed by atoms with Crippen LogP contribution in [-0.4, -0.2) is 41.9 Å². The molecule has 1 heterocycles.